The number of aromatic nitrogens is 2. The van der Waals surface area contributed by atoms with Crippen molar-refractivity contribution in [3.05, 3.63) is 52.2 Å². The molecular weight excluding hydrogens is 364 g/mol. The average molecular weight is 381 g/mol. The van der Waals surface area contributed by atoms with Crippen LogP contribution < -0.4 is 4.74 Å². The summed E-state index contributed by atoms with van der Waals surface area (Å²) in [5.74, 6) is 2.84. The number of hydrogen-bond donors (Lipinski definition) is 0. The number of ether oxygens (including phenoxy) is 1. The van der Waals surface area contributed by atoms with Crippen molar-refractivity contribution in [3.8, 4) is 5.75 Å². The van der Waals surface area contributed by atoms with E-state index in [1.165, 1.54) is 10.4 Å². The summed E-state index contributed by atoms with van der Waals surface area (Å²) in [5, 5.41) is 10.7. The van der Waals surface area contributed by atoms with Crippen LogP contribution in [0.15, 0.2) is 50.5 Å². The molecule has 1 aromatic carbocycles. The van der Waals surface area contributed by atoms with E-state index in [0.717, 1.165) is 32.4 Å². The zero-order valence-corrected chi connectivity index (χ0v) is 15.9. The molecule has 2 aromatic heterocycles. The first kappa shape index (κ1) is 16.8. The molecule has 0 aliphatic carbocycles. The molecule has 0 aliphatic rings. The summed E-state index contributed by atoms with van der Waals surface area (Å²) >= 11 is 7.01. The number of nitrogens with zero attached hydrogens (tertiary/aromatic N) is 2. The van der Waals surface area contributed by atoms with Crippen molar-refractivity contribution < 1.29 is 4.74 Å². The highest BCUT2D eigenvalue weighted by Gasteiger charge is 2.06. The number of methoxy groups -OCH3 is 1. The SMILES string of the molecule is COc1ccc(CSc2nnc(SCCc3cccs3)s2)cc1. The second kappa shape index (κ2) is 8.73. The second-order valence-corrected chi connectivity index (χ2v) is 9.22. The Balaban J connectivity index is 1.44. The molecule has 0 aliphatic heterocycles. The van der Waals surface area contributed by atoms with Gasteiger partial charge in [0.1, 0.15) is 5.75 Å². The van der Waals surface area contributed by atoms with Gasteiger partial charge >= 0.3 is 0 Å². The zero-order valence-electron chi connectivity index (χ0n) is 12.6. The van der Waals surface area contributed by atoms with Gasteiger partial charge in [-0.1, -0.05) is 53.1 Å². The summed E-state index contributed by atoms with van der Waals surface area (Å²) in [5.41, 5.74) is 1.26. The first-order valence-electron chi connectivity index (χ1n) is 7.08. The maximum Gasteiger partial charge on any atom is 0.175 e. The normalized spacial score (nSPS) is 10.8. The molecule has 0 bridgehead atoms. The van der Waals surface area contributed by atoms with Gasteiger partial charge in [-0.25, -0.2) is 0 Å². The maximum absolute atomic E-state index is 5.17. The van der Waals surface area contributed by atoms with Crippen molar-refractivity contribution in [1.29, 1.82) is 0 Å². The Morgan fingerprint density at radius 2 is 1.83 bits per heavy atom. The number of benzene rings is 1. The van der Waals surface area contributed by atoms with Gasteiger partial charge < -0.3 is 4.74 Å². The summed E-state index contributed by atoms with van der Waals surface area (Å²) < 4.78 is 7.25. The lowest BCUT2D eigenvalue weighted by atomic mass is 10.2. The molecule has 0 spiro atoms. The predicted molar refractivity (Wildman–Crippen MR) is 101 cm³/mol. The molecular formula is C16H16N2OS4. The topological polar surface area (TPSA) is 35.0 Å². The Morgan fingerprint density at radius 3 is 2.52 bits per heavy atom. The molecule has 2 heterocycles. The third-order valence-corrected chi connectivity index (χ3v) is 7.26. The highest BCUT2D eigenvalue weighted by molar-refractivity contribution is 8.02. The van der Waals surface area contributed by atoms with Gasteiger partial charge in [-0.2, -0.15) is 0 Å². The second-order valence-electron chi connectivity index (χ2n) is 4.65. The molecule has 3 aromatic rings. The van der Waals surface area contributed by atoms with Crippen LogP contribution in [0.4, 0.5) is 0 Å². The Kier molecular flexibility index (Phi) is 6.38. The van der Waals surface area contributed by atoms with E-state index in [4.69, 9.17) is 4.74 Å². The van der Waals surface area contributed by atoms with Crippen LogP contribution in [0.25, 0.3) is 0 Å². The van der Waals surface area contributed by atoms with Crippen molar-refractivity contribution in [1.82, 2.24) is 10.2 Å². The molecule has 0 atom stereocenters. The van der Waals surface area contributed by atoms with E-state index in [1.807, 2.05) is 23.5 Å². The lowest BCUT2D eigenvalue weighted by molar-refractivity contribution is 0.414. The summed E-state index contributed by atoms with van der Waals surface area (Å²) in [6.07, 6.45) is 1.09. The molecule has 0 saturated heterocycles. The fourth-order valence-electron chi connectivity index (χ4n) is 1.87. The third-order valence-electron chi connectivity index (χ3n) is 3.06. The lowest BCUT2D eigenvalue weighted by Crippen LogP contribution is -1.84. The Morgan fingerprint density at radius 1 is 1.04 bits per heavy atom. The number of thioether (sulfide) groups is 2. The quantitative estimate of drug-likeness (QED) is 0.500. The smallest absolute Gasteiger partial charge is 0.175 e. The molecule has 3 rings (SSSR count). The molecule has 120 valence electrons. The van der Waals surface area contributed by atoms with Gasteiger partial charge in [-0.05, 0) is 35.6 Å². The molecule has 3 nitrogen and oxygen atoms in total. The highest BCUT2D eigenvalue weighted by Crippen LogP contribution is 2.31. The van der Waals surface area contributed by atoms with Gasteiger partial charge in [0, 0.05) is 16.4 Å². The van der Waals surface area contributed by atoms with E-state index in [0.29, 0.717) is 0 Å². The zero-order chi connectivity index (χ0) is 15.9. The van der Waals surface area contributed by atoms with Crippen molar-refractivity contribution in [3.63, 3.8) is 0 Å². The molecule has 23 heavy (non-hydrogen) atoms. The summed E-state index contributed by atoms with van der Waals surface area (Å²) in [6.45, 7) is 0. The molecule has 0 unspecified atom stereocenters. The van der Waals surface area contributed by atoms with E-state index < -0.39 is 0 Å². The van der Waals surface area contributed by atoms with Crippen LogP contribution in [-0.2, 0) is 12.2 Å². The van der Waals surface area contributed by atoms with E-state index >= 15 is 0 Å². The van der Waals surface area contributed by atoms with Crippen LogP contribution in [0.2, 0.25) is 0 Å². The van der Waals surface area contributed by atoms with E-state index in [-0.39, 0.29) is 0 Å². The van der Waals surface area contributed by atoms with Crippen LogP contribution in [0.1, 0.15) is 10.4 Å². The molecule has 0 saturated carbocycles. The minimum Gasteiger partial charge on any atom is -0.497 e. The van der Waals surface area contributed by atoms with Gasteiger partial charge in [0.15, 0.2) is 8.68 Å². The minimum atomic E-state index is 0.888. The summed E-state index contributed by atoms with van der Waals surface area (Å²) in [7, 11) is 1.68. The first-order chi connectivity index (χ1) is 11.3. The highest BCUT2D eigenvalue weighted by atomic mass is 32.2. The monoisotopic (exact) mass is 380 g/mol. The van der Waals surface area contributed by atoms with Crippen LogP contribution in [0, 0.1) is 0 Å². The van der Waals surface area contributed by atoms with Gasteiger partial charge in [-0.3, -0.25) is 0 Å². The van der Waals surface area contributed by atoms with E-state index in [1.54, 1.807) is 42.0 Å². The number of rotatable bonds is 8. The van der Waals surface area contributed by atoms with E-state index in [2.05, 4.69) is 39.8 Å². The summed E-state index contributed by atoms with van der Waals surface area (Å²) in [4.78, 5) is 1.43. The van der Waals surface area contributed by atoms with Crippen molar-refractivity contribution in [2.24, 2.45) is 0 Å². The van der Waals surface area contributed by atoms with Crippen molar-refractivity contribution in [2.45, 2.75) is 20.9 Å². The summed E-state index contributed by atoms with van der Waals surface area (Å²) in [6, 6.07) is 12.4. The Labute approximate surface area is 152 Å². The number of aryl methyl sites for hydroxylation is 1. The molecule has 0 radical (unpaired) electrons. The fourth-order valence-corrected chi connectivity index (χ4v) is 5.73. The maximum atomic E-state index is 5.17. The van der Waals surface area contributed by atoms with Crippen LogP contribution in [-0.4, -0.2) is 23.1 Å². The molecule has 0 N–H and O–H groups in total. The molecule has 7 heteroatoms. The Hall–Kier alpha value is -1.02. The first-order valence-corrected chi connectivity index (χ1v) is 10.7. The number of thiophene rings is 1. The van der Waals surface area contributed by atoms with Gasteiger partial charge in [-0.15, -0.1) is 21.5 Å². The number of hydrogen-bond acceptors (Lipinski definition) is 7. The van der Waals surface area contributed by atoms with Crippen LogP contribution in [0.3, 0.4) is 0 Å². The molecule has 0 amide bonds. The molecule has 0 fully saturated rings. The fraction of sp³-hybridized carbons (Fsp3) is 0.250. The van der Waals surface area contributed by atoms with Gasteiger partial charge in [0.2, 0.25) is 0 Å². The van der Waals surface area contributed by atoms with Crippen molar-refractivity contribution >= 4 is 46.2 Å². The Bertz CT molecular complexity index is 710. The van der Waals surface area contributed by atoms with E-state index in [9.17, 15) is 0 Å². The van der Waals surface area contributed by atoms with Crippen LogP contribution >= 0.6 is 46.2 Å². The lowest BCUT2D eigenvalue weighted by Gasteiger charge is -2.01. The third kappa shape index (κ3) is 5.24. The van der Waals surface area contributed by atoms with Crippen LogP contribution in [0.5, 0.6) is 5.75 Å². The predicted octanol–water partition coefficient (Wildman–Crippen LogP) is 5.24. The minimum absolute atomic E-state index is 0.888. The largest absolute Gasteiger partial charge is 0.497 e. The average Bonchev–Trinajstić information content (AvgIpc) is 3.25. The van der Waals surface area contributed by atoms with Gasteiger partial charge in [0.05, 0.1) is 7.11 Å². The standard InChI is InChI=1S/C16H16N2OS4/c1-19-13-6-4-12(5-7-13)11-22-16-18-17-15(23-16)21-10-8-14-3-2-9-20-14/h2-7,9H,8,10-11H2,1H3. The van der Waals surface area contributed by atoms with Crippen molar-refractivity contribution in [2.75, 3.05) is 12.9 Å². The van der Waals surface area contributed by atoms with Gasteiger partial charge in [0.25, 0.3) is 0 Å².